The van der Waals surface area contributed by atoms with E-state index in [4.69, 9.17) is 16.5 Å². The molecule has 2 atom stereocenters. The summed E-state index contributed by atoms with van der Waals surface area (Å²) >= 11 is 6.15. The van der Waals surface area contributed by atoms with Gasteiger partial charge in [-0.3, -0.25) is 4.79 Å². The molecule has 5 rings (SSSR count). The number of ether oxygens (including phenoxy) is 1. The number of hydrogen-bond donors (Lipinski definition) is 1. The minimum absolute atomic E-state index is 0.0906. The Kier molecular flexibility index (Phi) is 7.14. The molecule has 0 spiro atoms. The standard InChI is InChI=1S/C30H29ClN2O2/c1-21(34)33(31)28-11-5-9-26(18-28)25-8-4-10-27(17-25)29-14-15-32-19-30(29)35-20-22-12-13-23-6-2-3-7-24(23)16-22/h2-13,16-18,29-30,32H,14-15,19-20H2,1H3/t29-,30+/m1/s1. The molecule has 4 nitrogen and oxygen atoms in total. The summed E-state index contributed by atoms with van der Waals surface area (Å²) in [7, 11) is 0. The number of halogens is 1. The fourth-order valence-electron chi connectivity index (χ4n) is 4.86. The Morgan fingerprint density at radius 2 is 1.71 bits per heavy atom. The predicted molar refractivity (Wildman–Crippen MR) is 144 cm³/mol. The number of carbonyl (C=O) groups is 1. The second-order valence-corrected chi connectivity index (χ2v) is 9.44. The molecule has 1 heterocycles. The zero-order chi connectivity index (χ0) is 24.2. The number of fused-ring (bicyclic) bond motifs is 1. The molecule has 5 heteroatoms. The van der Waals surface area contributed by atoms with Crippen molar-refractivity contribution in [2.45, 2.75) is 32.0 Å². The van der Waals surface area contributed by atoms with Crippen LogP contribution in [0.5, 0.6) is 0 Å². The Bertz CT molecular complexity index is 1340. The molecule has 1 fully saturated rings. The fourth-order valence-corrected chi connectivity index (χ4v) is 4.96. The van der Waals surface area contributed by atoms with Crippen molar-refractivity contribution in [3.63, 3.8) is 0 Å². The van der Waals surface area contributed by atoms with E-state index in [0.29, 0.717) is 18.2 Å². The van der Waals surface area contributed by atoms with Crippen molar-refractivity contribution >= 4 is 34.1 Å². The second-order valence-electron chi connectivity index (χ2n) is 9.11. The highest BCUT2D eigenvalue weighted by molar-refractivity contribution is 6.36. The number of amides is 1. The van der Waals surface area contributed by atoms with Crippen LogP contribution in [0.15, 0.2) is 91.0 Å². The highest BCUT2D eigenvalue weighted by atomic mass is 35.5. The molecule has 4 aromatic carbocycles. The first-order chi connectivity index (χ1) is 17.1. The van der Waals surface area contributed by atoms with Crippen molar-refractivity contribution in [2.75, 3.05) is 17.5 Å². The lowest BCUT2D eigenvalue weighted by Gasteiger charge is -2.33. The van der Waals surface area contributed by atoms with Gasteiger partial charge in [-0.25, -0.2) is 4.42 Å². The van der Waals surface area contributed by atoms with Crippen LogP contribution >= 0.6 is 11.8 Å². The number of nitrogens with zero attached hydrogens (tertiary/aromatic N) is 1. The van der Waals surface area contributed by atoms with Crippen LogP contribution in [0.3, 0.4) is 0 Å². The van der Waals surface area contributed by atoms with Crippen molar-refractivity contribution in [1.82, 2.24) is 5.32 Å². The number of piperidine rings is 1. The van der Waals surface area contributed by atoms with Crippen molar-refractivity contribution < 1.29 is 9.53 Å². The molecule has 1 saturated heterocycles. The van der Waals surface area contributed by atoms with E-state index in [1.165, 1.54) is 28.8 Å². The highest BCUT2D eigenvalue weighted by Crippen LogP contribution is 2.33. The van der Waals surface area contributed by atoms with Gasteiger partial charge in [0.2, 0.25) is 5.91 Å². The first-order valence-electron chi connectivity index (χ1n) is 12.1. The molecule has 0 radical (unpaired) electrons. The van der Waals surface area contributed by atoms with Crippen molar-refractivity contribution in [3.05, 3.63) is 102 Å². The summed E-state index contributed by atoms with van der Waals surface area (Å²) in [6.07, 6.45) is 1.11. The zero-order valence-electron chi connectivity index (χ0n) is 19.8. The number of hydrogen-bond acceptors (Lipinski definition) is 3. The average Bonchev–Trinajstić information content (AvgIpc) is 2.91. The number of anilines is 1. The molecule has 0 saturated carbocycles. The van der Waals surface area contributed by atoms with Crippen molar-refractivity contribution in [2.24, 2.45) is 0 Å². The van der Waals surface area contributed by atoms with Gasteiger partial charge < -0.3 is 10.1 Å². The van der Waals surface area contributed by atoms with Gasteiger partial charge in [-0.05, 0) is 64.2 Å². The number of carbonyl (C=O) groups excluding carboxylic acids is 1. The predicted octanol–water partition coefficient (Wildman–Crippen LogP) is 6.68. The van der Waals surface area contributed by atoms with Gasteiger partial charge >= 0.3 is 0 Å². The SMILES string of the molecule is CC(=O)N(Cl)c1cccc(-c2cccc([C@H]3CCNC[C@@H]3OCc3ccc4ccccc4c3)c2)c1. The van der Waals surface area contributed by atoms with Crippen LogP contribution in [0.2, 0.25) is 0 Å². The van der Waals surface area contributed by atoms with Crippen LogP contribution < -0.4 is 9.74 Å². The molecular weight excluding hydrogens is 456 g/mol. The maximum absolute atomic E-state index is 11.7. The maximum atomic E-state index is 11.7. The summed E-state index contributed by atoms with van der Waals surface area (Å²) < 4.78 is 7.63. The van der Waals surface area contributed by atoms with Gasteiger partial charge in [0.15, 0.2) is 0 Å². The van der Waals surface area contributed by atoms with E-state index < -0.39 is 0 Å². The lowest BCUT2D eigenvalue weighted by molar-refractivity contribution is -0.115. The van der Waals surface area contributed by atoms with Crippen LogP contribution in [0, 0.1) is 0 Å². The molecule has 1 N–H and O–H groups in total. The Hall–Kier alpha value is -3.18. The summed E-state index contributed by atoms with van der Waals surface area (Å²) in [4.78, 5) is 11.7. The minimum atomic E-state index is -0.210. The Morgan fingerprint density at radius 3 is 2.54 bits per heavy atom. The molecule has 0 bridgehead atoms. The Balaban J connectivity index is 1.35. The van der Waals surface area contributed by atoms with Crippen molar-refractivity contribution in [1.29, 1.82) is 0 Å². The van der Waals surface area contributed by atoms with Gasteiger partial charge in [-0.15, -0.1) is 0 Å². The van der Waals surface area contributed by atoms with E-state index in [2.05, 4.69) is 72.0 Å². The summed E-state index contributed by atoms with van der Waals surface area (Å²) in [6.45, 7) is 3.85. The number of rotatable bonds is 6. The first-order valence-corrected chi connectivity index (χ1v) is 12.4. The first kappa shape index (κ1) is 23.6. The summed E-state index contributed by atoms with van der Waals surface area (Å²) in [5, 5.41) is 5.98. The third-order valence-corrected chi connectivity index (χ3v) is 7.14. The van der Waals surface area contributed by atoms with Crippen molar-refractivity contribution in [3.8, 4) is 11.1 Å². The lowest BCUT2D eigenvalue weighted by Crippen LogP contribution is -2.41. The van der Waals surface area contributed by atoms with E-state index in [1.54, 1.807) is 0 Å². The van der Waals surface area contributed by atoms with E-state index in [1.807, 2.05) is 24.3 Å². The zero-order valence-corrected chi connectivity index (χ0v) is 20.5. The fraction of sp³-hybridized carbons (Fsp3) is 0.233. The van der Waals surface area contributed by atoms with Gasteiger partial charge in [0.05, 0.1) is 18.4 Å². The molecule has 1 amide bonds. The number of benzene rings is 4. The van der Waals surface area contributed by atoms with Crippen LogP contribution in [0.4, 0.5) is 5.69 Å². The quantitative estimate of drug-likeness (QED) is 0.310. The molecule has 4 aromatic rings. The highest BCUT2D eigenvalue weighted by Gasteiger charge is 2.27. The summed E-state index contributed by atoms with van der Waals surface area (Å²) in [6, 6.07) is 31.3. The largest absolute Gasteiger partial charge is 0.372 e. The Labute approximate surface area is 211 Å². The van der Waals surface area contributed by atoms with Gasteiger partial charge in [-0.2, -0.15) is 0 Å². The third kappa shape index (κ3) is 5.40. The molecule has 0 aliphatic carbocycles. The summed E-state index contributed by atoms with van der Waals surface area (Å²) in [5.74, 6) is 0.0975. The van der Waals surface area contributed by atoms with Gasteiger partial charge in [0.1, 0.15) is 0 Å². The van der Waals surface area contributed by atoms with E-state index >= 15 is 0 Å². The van der Waals surface area contributed by atoms with E-state index in [9.17, 15) is 4.79 Å². The number of nitrogens with one attached hydrogen (secondary N) is 1. The lowest BCUT2D eigenvalue weighted by atomic mass is 9.86. The minimum Gasteiger partial charge on any atom is -0.372 e. The van der Waals surface area contributed by atoms with Gasteiger partial charge in [-0.1, -0.05) is 72.8 Å². The maximum Gasteiger partial charge on any atom is 0.238 e. The van der Waals surface area contributed by atoms with Gasteiger partial charge in [0, 0.05) is 31.2 Å². The molecule has 178 valence electrons. The molecular formula is C30H29ClN2O2. The molecule has 1 aliphatic heterocycles. The smallest absolute Gasteiger partial charge is 0.238 e. The van der Waals surface area contributed by atoms with Crippen LogP contribution in [0.1, 0.15) is 30.4 Å². The van der Waals surface area contributed by atoms with Crippen LogP contribution in [0.25, 0.3) is 21.9 Å². The summed E-state index contributed by atoms with van der Waals surface area (Å²) in [5.41, 5.74) is 5.26. The van der Waals surface area contributed by atoms with E-state index in [0.717, 1.165) is 35.1 Å². The van der Waals surface area contributed by atoms with Gasteiger partial charge in [0.25, 0.3) is 0 Å². The third-order valence-electron chi connectivity index (χ3n) is 6.70. The monoisotopic (exact) mass is 484 g/mol. The Morgan fingerprint density at radius 1 is 0.943 bits per heavy atom. The van der Waals surface area contributed by atoms with E-state index in [-0.39, 0.29) is 12.0 Å². The molecule has 35 heavy (non-hydrogen) atoms. The second kappa shape index (κ2) is 10.6. The van der Waals surface area contributed by atoms with Crippen LogP contribution in [-0.2, 0) is 16.1 Å². The molecule has 1 aliphatic rings. The molecule has 0 aromatic heterocycles. The normalized spacial score (nSPS) is 17.9. The molecule has 0 unspecified atom stereocenters. The van der Waals surface area contributed by atoms with Crippen LogP contribution in [-0.4, -0.2) is 25.1 Å². The topological polar surface area (TPSA) is 41.6 Å². The average molecular weight is 485 g/mol.